The second-order valence-electron chi connectivity index (χ2n) is 6.89. The van der Waals surface area contributed by atoms with Crippen LogP contribution in [0.1, 0.15) is 0 Å². The van der Waals surface area contributed by atoms with E-state index >= 15 is 0 Å². The van der Waals surface area contributed by atoms with Gasteiger partial charge in [0.05, 0.1) is 4.90 Å². The third-order valence-electron chi connectivity index (χ3n) is 4.87. The van der Waals surface area contributed by atoms with Crippen LogP contribution >= 0.6 is 11.6 Å². The Bertz CT molecular complexity index is 1180. The fourth-order valence-electron chi connectivity index (χ4n) is 3.18. The number of hydrogen-bond donors (Lipinski definition) is 0. The number of piperazine rings is 1. The monoisotopic (exact) mass is 464 g/mol. The number of amides is 1. The molecule has 162 valence electrons. The third kappa shape index (κ3) is 4.73. The van der Waals surface area contributed by atoms with Crippen LogP contribution in [0.4, 0.5) is 4.39 Å². The Kier molecular flexibility index (Phi) is 5.99. The Morgan fingerprint density at radius 1 is 1.00 bits per heavy atom. The van der Waals surface area contributed by atoms with Gasteiger partial charge in [-0.05, 0) is 53.7 Å². The first-order valence-corrected chi connectivity index (χ1v) is 11.2. The van der Waals surface area contributed by atoms with Crippen molar-refractivity contribution >= 4 is 27.5 Å². The molecule has 1 aliphatic rings. The van der Waals surface area contributed by atoms with Crippen molar-refractivity contribution in [2.75, 3.05) is 26.2 Å². The number of aromatic nitrogens is 4. The predicted octanol–water partition coefficient (Wildman–Crippen LogP) is 1.67. The molecule has 1 aliphatic heterocycles. The minimum absolute atomic E-state index is 0.127. The highest BCUT2D eigenvalue weighted by atomic mass is 35.5. The van der Waals surface area contributed by atoms with Crippen LogP contribution < -0.4 is 0 Å². The molecule has 12 heteroatoms. The molecule has 0 spiro atoms. The molecule has 0 N–H and O–H groups in total. The molecule has 4 rings (SSSR count). The molecule has 0 saturated carbocycles. The molecule has 0 radical (unpaired) electrons. The zero-order valence-corrected chi connectivity index (χ0v) is 17.8. The summed E-state index contributed by atoms with van der Waals surface area (Å²) >= 11 is 5.83. The van der Waals surface area contributed by atoms with E-state index in [0.29, 0.717) is 10.6 Å². The molecular formula is C19H18ClFN6O3S. The standard InChI is InChI=1S/C19H18ClFN6O3S/c20-15-3-7-17(8-4-15)31(29,30)26-11-9-25(10-12-26)18(28)13-27-23-19(22-24-27)14-1-5-16(21)6-2-14/h1-8H,9-13H2. The molecule has 9 nitrogen and oxygen atoms in total. The van der Waals surface area contributed by atoms with Gasteiger partial charge in [0.15, 0.2) is 0 Å². The number of hydrogen-bond acceptors (Lipinski definition) is 6. The van der Waals surface area contributed by atoms with Gasteiger partial charge in [0.25, 0.3) is 0 Å². The van der Waals surface area contributed by atoms with Gasteiger partial charge in [0.1, 0.15) is 12.4 Å². The molecule has 2 heterocycles. The van der Waals surface area contributed by atoms with Gasteiger partial charge in [-0.2, -0.15) is 9.10 Å². The Labute approximate surface area is 183 Å². The van der Waals surface area contributed by atoms with Crippen LogP contribution in [0, 0.1) is 5.82 Å². The molecule has 31 heavy (non-hydrogen) atoms. The van der Waals surface area contributed by atoms with E-state index in [0.717, 1.165) is 4.80 Å². The Balaban J connectivity index is 1.35. The van der Waals surface area contributed by atoms with E-state index < -0.39 is 10.0 Å². The highest BCUT2D eigenvalue weighted by molar-refractivity contribution is 7.89. The van der Waals surface area contributed by atoms with E-state index in [1.54, 1.807) is 4.90 Å². The lowest BCUT2D eigenvalue weighted by molar-refractivity contribution is -0.133. The minimum atomic E-state index is -3.65. The number of rotatable bonds is 5. The van der Waals surface area contributed by atoms with Crippen molar-refractivity contribution in [3.8, 4) is 11.4 Å². The molecule has 1 amide bonds. The number of carbonyl (C=O) groups is 1. The van der Waals surface area contributed by atoms with E-state index in [-0.39, 0.29) is 55.2 Å². The lowest BCUT2D eigenvalue weighted by atomic mass is 10.2. The van der Waals surface area contributed by atoms with Gasteiger partial charge in [-0.3, -0.25) is 4.79 Å². The van der Waals surface area contributed by atoms with E-state index in [1.165, 1.54) is 52.8 Å². The average Bonchev–Trinajstić information content (AvgIpc) is 3.23. The predicted molar refractivity (Wildman–Crippen MR) is 110 cm³/mol. The zero-order chi connectivity index (χ0) is 22.0. The average molecular weight is 465 g/mol. The summed E-state index contributed by atoms with van der Waals surface area (Å²) < 4.78 is 39.9. The van der Waals surface area contributed by atoms with Gasteiger partial charge < -0.3 is 4.90 Å². The van der Waals surface area contributed by atoms with Gasteiger partial charge in [-0.25, -0.2) is 12.8 Å². The summed E-state index contributed by atoms with van der Waals surface area (Å²) in [6.45, 7) is 0.749. The molecule has 1 fully saturated rings. The van der Waals surface area contributed by atoms with E-state index in [1.807, 2.05) is 0 Å². The van der Waals surface area contributed by atoms with Crippen LogP contribution in [0.25, 0.3) is 11.4 Å². The zero-order valence-electron chi connectivity index (χ0n) is 16.2. The van der Waals surface area contributed by atoms with E-state index in [2.05, 4.69) is 15.4 Å². The molecule has 0 aliphatic carbocycles. The van der Waals surface area contributed by atoms with Crippen LogP contribution in [0.5, 0.6) is 0 Å². The third-order valence-corrected chi connectivity index (χ3v) is 7.04. The fraction of sp³-hybridized carbons (Fsp3) is 0.263. The highest BCUT2D eigenvalue weighted by Crippen LogP contribution is 2.20. The topological polar surface area (TPSA) is 101 Å². The van der Waals surface area contributed by atoms with Crippen molar-refractivity contribution in [1.82, 2.24) is 29.4 Å². The van der Waals surface area contributed by atoms with Gasteiger partial charge in [0.2, 0.25) is 21.8 Å². The number of benzene rings is 2. The number of nitrogens with zero attached hydrogens (tertiary/aromatic N) is 6. The Morgan fingerprint density at radius 3 is 2.29 bits per heavy atom. The normalized spacial score (nSPS) is 15.2. The summed E-state index contributed by atoms with van der Waals surface area (Å²) in [7, 11) is -3.65. The van der Waals surface area contributed by atoms with Crippen LogP contribution in [-0.2, 0) is 21.4 Å². The maximum absolute atomic E-state index is 13.0. The number of carbonyl (C=O) groups excluding carboxylic acids is 1. The van der Waals surface area contributed by atoms with E-state index in [4.69, 9.17) is 11.6 Å². The Hall–Kier alpha value is -2.89. The number of halogens is 2. The summed E-state index contributed by atoms with van der Waals surface area (Å²) in [6, 6.07) is 11.6. The lowest BCUT2D eigenvalue weighted by Gasteiger charge is -2.33. The number of sulfonamides is 1. The SMILES string of the molecule is O=C(Cn1nnc(-c2ccc(F)cc2)n1)N1CCN(S(=O)(=O)c2ccc(Cl)cc2)CC1. The summed E-state index contributed by atoms with van der Waals surface area (Å²) in [6.07, 6.45) is 0. The lowest BCUT2D eigenvalue weighted by Crippen LogP contribution is -2.51. The first-order chi connectivity index (χ1) is 14.8. The molecule has 0 unspecified atom stereocenters. The van der Waals surface area contributed by atoms with Gasteiger partial charge in [0, 0.05) is 36.8 Å². The van der Waals surface area contributed by atoms with Gasteiger partial charge in [-0.15, -0.1) is 10.2 Å². The molecule has 1 saturated heterocycles. The van der Waals surface area contributed by atoms with Crippen molar-refractivity contribution in [2.45, 2.75) is 11.4 Å². The molecule has 3 aromatic rings. The maximum Gasteiger partial charge on any atom is 0.246 e. The van der Waals surface area contributed by atoms with Crippen molar-refractivity contribution in [3.63, 3.8) is 0 Å². The first-order valence-electron chi connectivity index (χ1n) is 9.40. The summed E-state index contributed by atoms with van der Waals surface area (Å²) in [5.41, 5.74) is 0.584. The molecule has 0 atom stereocenters. The second-order valence-corrected chi connectivity index (χ2v) is 9.26. The van der Waals surface area contributed by atoms with Crippen molar-refractivity contribution in [1.29, 1.82) is 0 Å². The summed E-state index contributed by atoms with van der Waals surface area (Å²) in [5, 5.41) is 12.4. The highest BCUT2D eigenvalue weighted by Gasteiger charge is 2.30. The fourth-order valence-corrected chi connectivity index (χ4v) is 4.73. The van der Waals surface area contributed by atoms with Crippen molar-refractivity contribution in [2.24, 2.45) is 0 Å². The van der Waals surface area contributed by atoms with E-state index in [9.17, 15) is 17.6 Å². The van der Waals surface area contributed by atoms with Gasteiger partial charge in [-0.1, -0.05) is 11.6 Å². The Morgan fingerprint density at radius 2 is 1.65 bits per heavy atom. The van der Waals surface area contributed by atoms with Crippen LogP contribution in [0.3, 0.4) is 0 Å². The van der Waals surface area contributed by atoms with Crippen molar-refractivity contribution < 1.29 is 17.6 Å². The second kappa shape index (κ2) is 8.69. The number of tetrazole rings is 1. The van der Waals surface area contributed by atoms with Crippen LogP contribution in [0.15, 0.2) is 53.4 Å². The maximum atomic E-state index is 13.0. The first kappa shape index (κ1) is 21.3. The van der Waals surface area contributed by atoms with Crippen LogP contribution in [0.2, 0.25) is 5.02 Å². The summed E-state index contributed by atoms with van der Waals surface area (Å²) in [5.74, 6) is -0.332. The molecule has 2 aromatic carbocycles. The molecule has 0 bridgehead atoms. The smallest absolute Gasteiger partial charge is 0.246 e. The molecule has 1 aromatic heterocycles. The summed E-state index contributed by atoms with van der Waals surface area (Å²) in [4.78, 5) is 15.5. The van der Waals surface area contributed by atoms with Crippen LogP contribution in [-0.4, -0.2) is 69.9 Å². The molecular weight excluding hydrogens is 447 g/mol. The largest absolute Gasteiger partial charge is 0.338 e. The van der Waals surface area contributed by atoms with Gasteiger partial charge >= 0.3 is 0 Å². The minimum Gasteiger partial charge on any atom is -0.338 e. The quantitative estimate of drug-likeness (QED) is 0.569. The van der Waals surface area contributed by atoms with Crippen molar-refractivity contribution in [3.05, 3.63) is 59.4 Å².